The molecular formula is C15H10F4O2. The van der Waals surface area contributed by atoms with Crippen molar-refractivity contribution in [2.75, 3.05) is 6.61 Å². The van der Waals surface area contributed by atoms with Gasteiger partial charge in [-0.05, 0) is 30.3 Å². The van der Waals surface area contributed by atoms with Gasteiger partial charge in [-0.25, -0.2) is 4.39 Å². The van der Waals surface area contributed by atoms with E-state index in [2.05, 4.69) is 0 Å². The summed E-state index contributed by atoms with van der Waals surface area (Å²) in [5, 5.41) is 0. The minimum absolute atomic E-state index is 0.250. The molecule has 0 bridgehead atoms. The summed E-state index contributed by atoms with van der Waals surface area (Å²) in [5.41, 5.74) is -1.72. The highest BCUT2D eigenvalue weighted by atomic mass is 19.4. The molecule has 0 aromatic heterocycles. The molecular weight excluding hydrogens is 288 g/mol. The fourth-order valence-electron chi connectivity index (χ4n) is 1.66. The highest BCUT2D eigenvalue weighted by Crippen LogP contribution is 2.32. The standard InChI is InChI=1S/C15H10F4O2/c16-13-7-6-10(8-12(13)15(17,18)19)14(20)9-21-11-4-2-1-3-5-11/h1-8H,9H2. The van der Waals surface area contributed by atoms with Crippen molar-refractivity contribution in [3.8, 4) is 5.75 Å². The summed E-state index contributed by atoms with van der Waals surface area (Å²) < 4.78 is 56.0. The minimum Gasteiger partial charge on any atom is -0.485 e. The smallest absolute Gasteiger partial charge is 0.419 e. The maximum atomic E-state index is 13.1. The average Bonchev–Trinajstić information content (AvgIpc) is 2.45. The highest BCUT2D eigenvalue weighted by Gasteiger charge is 2.34. The Morgan fingerprint density at radius 2 is 1.71 bits per heavy atom. The average molecular weight is 298 g/mol. The normalized spacial score (nSPS) is 11.2. The van der Waals surface area contributed by atoms with Crippen LogP contribution in [0, 0.1) is 5.82 Å². The monoisotopic (exact) mass is 298 g/mol. The van der Waals surface area contributed by atoms with E-state index in [4.69, 9.17) is 4.74 Å². The van der Waals surface area contributed by atoms with Crippen molar-refractivity contribution in [1.82, 2.24) is 0 Å². The molecule has 0 heterocycles. The van der Waals surface area contributed by atoms with Gasteiger partial charge in [0.05, 0.1) is 5.56 Å². The SMILES string of the molecule is O=C(COc1ccccc1)c1ccc(F)c(C(F)(F)F)c1. The molecule has 0 aliphatic rings. The summed E-state index contributed by atoms with van der Waals surface area (Å²) >= 11 is 0. The minimum atomic E-state index is -4.85. The van der Waals surface area contributed by atoms with Crippen molar-refractivity contribution in [2.45, 2.75) is 6.18 Å². The third-order valence-corrected chi connectivity index (χ3v) is 2.71. The summed E-state index contributed by atoms with van der Waals surface area (Å²) in [7, 11) is 0. The van der Waals surface area contributed by atoms with Crippen LogP contribution < -0.4 is 4.74 Å². The Morgan fingerprint density at radius 3 is 2.33 bits per heavy atom. The lowest BCUT2D eigenvalue weighted by molar-refractivity contribution is -0.140. The molecule has 2 rings (SSSR count). The Bertz CT molecular complexity index is 636. The zero-order chi connectivity index (χ0) is 15.5. The molecule has 0 spiro atoms. The van der Waals surface area contributed by atoms with Crippen LogP contribution in [0.5, 0.6) is 5.75 Å². The maximum absolute atomic E-state index is 13.1. The van der Waals surface area contributed by atoms with Crippen LogP contribution in [0.3, 0.4) is 0 Å². The molecule has 0 atom stereocenters. The number of carbonyl (C=O) groups is 1. The van der Waals surface area contributed by atoms with Crippen LogP contribution in [0.25, 0.3) is 0 Å². The third-order valence-electron chi connectivity index (χ3n) is 2.71. The lowest BCUT2D eigenvalue weighted by Gasteiger charge is -2.10. The lowest BCUT2D eigenvalue weighted by atomic mass is 10.1. The first kappa shape index (κ1) is 15.0. The van der Waals surface area contributed by atoms with Crippen molar-refractivity contribution in [3.05, 3.63) is 65.5 Å². The second-order valence-corrected chi connectivity index (χ2v) is 4.22. The molecule has 0 amide bonds. The summed E-state index contributed by atoms with van der Waals surface area (Å²) in [5.74, 6) is -1.66. The van der Waals surface area contributed by atoms with Gasteiger partial charge in [-0.2, -0.15) is 13.2 Å². The van der Waals surface area contributed by atoms with Crippen LogP contribution in [-0.2, 0) is 6.18 Å². The van der Waals surface area contributed by atoms with E-state index < -0.39 is 29.9 Å². The van der Waals surface area contributed by atoms with Crippen molar-refractivity contribution in [2.24, 2.45) is 0 Å². The molecule has 2 nitrogen and oxygen atoms in total. The molecule has 0 unspecified atom stereocenters. The van der Waals surface area contributed by atoms with Gasteiger partial charge in [0.1, 0.15) is 11.6 Å². The summed E-state index contributed by atoms with van der Waals surface area (Å²) in [6, 6.07) is 10.5. The molecule has 21 heavy (non-hydrogen) atoms. The van der Waals surface area contributed by atoms with Crippen LogP contribution in [0.1, 0.15) is 15.9 Å². The zero-order valence-corrected chi connectivity index (χ0v) is 10.7. The van der Waals surface area contributed by atoms with Crippen LogP contribution in [-0.4, -0.2) is 12.4 Å². The summed E-state index contributed by atoms with van der Waals surface area (Å²) in [6.07, 6.45) is -4.85. The van der Waals surface area contributed by atoms with Gasteiger partial charge in [-0.1, -0.05) is 18.2 Å². The molecule has 0 radical (unpaired) electrons. The van der Waals surface area contributed by atoms with E-state index in [0.29, 0.717) is 17.9 Å². The van der Waals surface area contributed by atoms with Crippen molar-refractivity contribution >= 4 is 5.78 Å². The number of halogens is 4. The molecule has 0 N–H and O–H groups in total. The van der Waals surface area contributed by atoms with Crippen LogP contribution in [0.15, 0.2) is 48.5 Å². The molecule has 0 aliphatic heterocycles. The lowest BCUT2D eigenvalue weighted by Crippen LogP contribution is -2.14. The van der Waals surface area contributed by atoms with Gasteiger partial charge in [0.15, 0.2) is 12.4 Å². The molecule has 2 aromatic carbocycles. The summed E-state index contributed by atoms with van der Waals surface area (Å²) in [6.45, 7) is -0.424. The predicted molar refractivity (Wildman–Crippen MR) is 67.7 cm³/mol. The first-order valence-electron chi connectivity index (χ1n) is 5.96. The summed E-state index contributed by atoms with van der Waals surface area (Å²) in [4.78, 5) is 11.8. The highest BCUT2D eigenvalue weighted by molar-refractivity contribution is 5.97. The van der Waals surface area contributed by atoms with Crippen LogP contribution >= 0.6 is 0 Å². The first-order chi connectivity index (χ1) is 9.88. The van der Waals surface area contributed by atoms with Gasteiger partial charge in [0.2, 0.25) is 0 Å². The van der Waals surface area contributed by atoms with Crippen molar-refractivity contribution in [3.63, 3.8) is 0 Å². The van der Waals surface area contributed by atoms with Gasteiger partial charge in [0.25, 0.3) is 0 Å². The Morgan fingerprint density at radius 1 is 1.05 bits per heavy atom. The number of benzene rings is 2. The Labute approximate surface area is 118 Å². The number of alkyl halides is 3. The van der Waals surface area contributed by atoms with Crippen LogP contribution in [0.2, 0.25) is 0 Å². The second kappa shape index (κ2) is 5.95. The number of carbonyl (C=O) groups excluding carboxylic acids is 1. The number of rotatable bonds is 4. The Kier molecular flexibility index (Phi) is 4.26. The van der Waals surface area contributed by atoms with Gasteiger partial charge in [0, 0.05) is 5.56 Å². The third kappa shape index (κ3) is 3.81. The molecule has 2 aromatic rings. The maximum Gasteiger partial charge on any atom is 0.419 e. The molecule has 0 fully saturated rings. The number of hydrogen-bond donors (Lipinski definition) is 0. The fourth-order valence-corrected chi connectivity index (χ4v) is 1.66. The fraction of sp³-hybridized carbons (Fsp3) is 0.133. The van der Waals surface area contributed by atoms with E-state index in [1.54, 1.807) is 30.3 Å². The van der Waals surface area contributed by atoms with Gasteiger partial charge < -0.3 is 4.74 Å². The van der Waals surface area contributed by atoms with E-state index in [1.807, 2.05) is 0 Å². The number of hydrogen-bond acceptors (Lipinski definition) is 2. The van der Waals surface area contributed by atoms with Crippen LogP contribution in [0.4, 0.5) is 17.6 Å². The number of ether oxygens (including phenoxy) is 1. The van der Waals surface area contributed by atoms with E-state index in [9.17, 15) is 22.4 Å². The Balaban J connectivity index is 2.13. The van der Waals surface area contributed by atoms with Crippen molar-refractivity contribution in [1.29, 1.82) is 0 Å². The molecule has 0 saturated heterocycles. The molecule has 110 valence electrons. The topological polar surface area (TPSA) is 26.3 Å². The van der Waals surface area contributed by atoms with Gasteiger partial charge in [-0.3, -0.25) is 4.79 Å². The van der Waals surface area contributed by atoms with Crippen molar-refractivity contribution < 1.29 is 27.1 Å². The van der Waals surface area contributed by atoms with E-state index in [0.717, 1.165) is 6.07 Å². The quantitative estimate of drug-likeness (QED) is 0.627. The molecule has 6 heteroatoms. The molecule has 0 saturated carbocycles. The number of Topliss-reactive ketones (excluding diaryl/α,β-unsaturated/α-hetero) is 1. The molecule has 0 aliphatic carbocycles. The van der Waals surface area contributed by atoms with E-state index >= 15 is 0 Å². The predicted octanol–water partition coefficient (Wildman–Crippen LogP) is 4.11. The van der Waals surface area contributed by atoms with Gasteiger partial charge >= 0.3 is 6.18 Å². The largest absolute Gasteiger partial charge is 0.485 e. The number of ketones is 1. The number of para-hydroxylation sites is 1. The van der Waals surface area contributed by atoms with E-state index in [-0.39, 0.29) is 5.56 Å². The van der Waals surface area contributed by atoms with Gasteiger partial charge in [-0.15, -0.1) is 0 Å². The Hall–Kier alpha value is -2.37. The first-order valence-corrected chi connectivity index (χ1v) is 5.96. The zero-order valence-electron chi connectivity index (χ0n) is 10.7. The van der Waals surface area contributed by atoms with E-state index in [1.165, 1.54) is 0 Å². The second-order valence-electron chi connectivity index (χ2n) is 4.22.